The summed E-state index contributed by atoms with van der Waals surface area (Å²) in [5.41, 5.74) is 2.59. The van der Waals surface area contributed by atoms with Crippen molar-refractivity contribution in [1.29, 1.82) is 0 Å². The van der Waals surface area contributed by atoms with Crippen molar-refractivity contribution in [2.45, 2.75) is 58.4 Å². The highest BCUT2D eigenvalue weighted by Crippen LogP contribution is 2.24. The van der Waals surface area contributed by atoms with Gasteiger partial charge < -0.3 is 10.2 Å². The average Bonchev–Trinajstić information content (AvgIpc) is 2.70. The first-order chi connectivity index (χ1) is 14.2. The SMILES string of the molecule is CCNC(=NCc1ccccc1CN1CCC(C)CC1)N1CCS(=O)(=O)C(C)(C)C1.I. The van der Waals surface area contributed by atoms with E-state index in [0.29, 0.717) is 19.6 Å². The number of benzene rings is 1. The van der Waals surface area contributed by atoms with E-state index in [1.165, 1.54) is 37.1 Å². The molecule has 0 spiro atoms. The molecule has 1 N–H and O–H groups in total. The third-order valence-corrected chi connectivity index (χ3v) is 9.00. The number of piperidine rings is 1. The first-order valence-corrected chi connectivity index (χ1v) is 12.9. The summed E-state index contributed by atoms with van der Waals surface area (Å²) in [6.45, 7) is 13.6. The number of rotatable bonds is 5. The molecule has 3 rings (SSSR count). The van der Waals surface area contributed by atoms with E-state index >= 15 is 0 Å². The van der Waals surface area contributed by atoms with Gasteiger partial charge in [-0.25, -0.2) is 13.4 Å². The van der Waals surface area contributed by atoms with Gasteiger partial charge in [0.1, 0.15) is 0 Å². The Morgan fingerprint density at radius 3 is 2.42 bits per heavy atom. The molecule has 6 nitrogen and oxygen atoms in total. The van der Waals surface area contributed by atoms with Crippen LogP contribution in [0.2, 0.25) is 0 Å². The number of halogens is 1. The molecule has 176 valence electrons. The Labute approximate surface area is 205 Å². The molecule has 0 unspecified atom stereocenters. The zero-order valence-corrected chi connectivity index (χ0v) is 22.6. The quantitative estimate of drug-likeness (QED) is 0.338. The lowest BCUT2D eigenvalue weighted by atomic mass is 9.98. The highest BCUT2D eigenvalue weighted by Gasteiger charge is 2.40. The van der Waals surface area contributed by atoms with Crippen molar-refractivity contribution in [3.05, 3.63) is 35.4 Å². The molecule has 2 heterocycles. The van der Waals surface area contributed by atoms with Crippen LogP contribution in [0.1, 0.15) is 51.7 Å². The molecule has 2 saturated heterocycles. The minimum Gasteiger partial charge on any atom is -0.357 e. The molecular weight excluding hydrogens is 523 g/mol. The van der Waals surface area contributed by atoms with Crippen LogP contribution in [0.25, 0.3) is 0 Å². The molecule has 8 heteroatoms. The molecule has 2 aliphatic rings. The number of nitrogens with one attached hydrogen (secondary N) is 1. The van der Waals surface area contributed by atoms with Crippen LogP contribution in [0.3, 0.4) is 0 Å². The Balaban J connectivity index is 0.00000341. The summed E-state index contributed by atoms with van der Waals surface area (Å²) in [4.78, 5) is 9.55. The third-order valence-electron chi connectivity index (χ3n) is 6.47. The Bertz CT molecular complexity index is 849. The second kappa shape index (κ2) is 11.3. The van der Waals surface area contributed by atoms with E-state index in [1.807, 2.05) is 20.8 Å². The van der Waals surface area contributed by atoms with Gasteiger partial charge in [0.25, 0.3) is 0 Å². The number of nitrogens with zero attached hydrogens (tertiary/aromatic N) is 3. The molecule has 0 atom stereocenters. The fourth-order valence-corrected chi connectivity index (χ4v) is 5.60. The first kappa shape index (κ1) is 26.4. The number of guanidine groups is 1. The molecule has 0 bridgehead atoms. The van der Waals surface area contributed by atoms with E-state index in [1.54, 1.807) is 0 Å². The normalized spacial score (nSPS) is 22.1. The topological polar surface area (TPSA) is 65.0 Å². The van der Waals surface area contributed by atoms with Crippen LogP contribution >= 0.6 is 24.0 Å². The lowest BCUT2D eigenvalue weighted by Gasteiger charge is -2.39. The average molecular weight is 563 g/mol. The van der Waals surface area contributed by atoms with Crippen molar-refractivity contribution in [1.82, 2.24) is 15.1 Å². The molecule has 2 fully saturated rings. The van der Waals surface area contributed by atoms with Crippen molar-refractivity contribution in [3.8, 4) is 0 Å². The molecule has 0 saturated carbocycles. The fraction of sp³-hybridized carbons (Fsp3) is 0.696. The number of sulfone groups is 1. The van der Waals surface area contributed by atoms with Crippen LogP contribution in [0.15, 0.2) is 29.3 Å². The summed E-state index contributed by atoms with van der Waals surface area (Å²) in [6, 6.07) is 8.57. The third kappa shape index (κ3) is 6.81. The number of likely N-dealkylation sites (tertiary alicyclic amines) is 1. The maximum Gasteiger partial charge on any atom is 0.194 e. The summed E-state index contributed by atoms with van der Waals surface area (Å²) >= 11 is 0. The predicted octanol–water partition coefficient (Wildman–Crippen LogP) is 3.51. The van der Waals surface area contributed by atoms with Gasteiger partial charge in [-0.15, -0.1) is 24.0 Å². The lowest BCUT2D eigenvalue weighted by Crippen LogP contribution is -2.57. The van der Waals surface area contributed by atoms with Gasteiger partial charge in [-0.2, -0.15) is 0 Å². The zero-order valence-electron chi connectivity index (χ0n) is 19.4. The molecule has 1 aromatic rings. The summed E-state index contributed by atoms with van der Waals surface area (Å²) in [6.07, 6.45) is 2.55. The predicted molar refractivity (Wildman–Crippen MR) is 140 cm³/mol. The highest BCUT2D eigenvalue weighted by atomic mass is 127. The van der Waals surface area contributed by atoms with Crippen LogP contribution < -0.4 is 5.32 Å². The van der Waals surface area contributed by atoms with Gasteiger partial charge in [0.2, 0.25) is 0 Å². The number of hydrogen-bond donors (Lipinski definition) is 1. The highest BCUT2D eigenvalue weighted by molar-refractivity contribution is 14.0. The van der Waals surface area contributed by atoms with E-state index < -0.39 is 14.6 Å². The van der Waals surface area contributed by atoms with Gasteiger partial charge in [0.05, 0.1) is 17.0 Å². The van der Waals surface area contributed by atoms with E-state index in [2.05, 4.69) is 46.3 Å². The summed E-state index contributed by atoms with van der Waals surface area (Å²) in [5, 5.41) is 3.36. The Hall–Kier alpha value is -0.870. The zero-order chi connectivity index (χ0) is 21.8. The van der Waals surface area contributed by atoms with Gasteiger partial charge in [0, 0.05) is 26.2 Å². The van der Waals surface area contributed by atoms with Gasteiger partial charge in [-0.05, 0) is 63.7 Å². The molecule has 0 aliphatic carbocycles. The van der Waals surface area contributed by atoms with Gasteiger partial charge in [0.15, 0.2) is 15.8 Å². The van der Waals surface area contributed by atoms with Crippen LogP contribution in [0, 0.1) is 5.92 Å². The van der Waals surface area contributed by atoms with Gasteiger partial charge >= 0.3 is 0 Å². The number of hydrogen-bond acceptors (Lipinski definition) is 4. The minimum atomic E-state index is -3.07. The molecule has 0 radical (unpaired) electrons. The van der Waals surface area contributed by atoms with Crippen LogP contribution in [-0.4, -0.2) is 67.4 Å². The Morgan fingerprint density at radius 2 is 1.81 bits per heavy atom. The lowest BCUT2D eigenvalue weighted by molar-refractivity contribution is 0.185. The monoisotopic (exact) mass is 562 g/mol. The minimum absolute atomic E-state index is 0. The summed E-state index contributed by atoms with van der Waals surface area (Å²) < 4.78 is 24.0. The standard InChI is InChI=1S/C23H38N4O2S.HI/c1-5-24-22(27-14-15-30(28,29)23(3,4)18-27)25-16-20-8-6-7-9-21(20)17-26-12-10-19(2)11-13-26;/h6-9,19H,5,10-18H2,1-4H3,(H,24,25);1H. The van der Waals surface area contributed by atoms with E-state index in [-0.39, 0.29) is 29.7 Å². The Morgan fingerprint density at radius 1 is 1.16 bits per heavy atom. The molecule has 31 heavy (non-hydrogen) atoms. The van der Waals surface area contributed by atoms with Crippen molar-refractivity contribution in [2.24, 2.45) is 10.9 Å². The second-order valence-corrected chi connectivity index (χ2v) is 12.1. The smallest absolute Gasteiger partial charge is 0.194 e. The first-order valence-electron chi connectivity index (χ1n) is 11.3. The molecule has 2 aliphatic heterocycles. The molecular formula is C23H39IN4O2S. The number of aliphatic imine (C=N–C) groups is 1. The van der Waals surface area contributed by atoms with Crippen LogP contribution in [0.5, 0.6) is 0 Å². The van der Waals surface area contributed by atoms with Crippen molar-refractivity contribution >= 4 is 39.8 Å². The van der Waals surface area contributed by atoms with Crippen molar-refractivity contribution < 1.29 is 8.42 Å². The molecule has 1 aromatic carbocycles. The molecule has 0 amide bonds. The van der Waals surface area contributed by atoms with Gasteiger partial charge in [-0.3, -0.25) is 4.90 Å². The maximum absolute atomic E-state index is 12.4. The van der Waals surface area contributed by atoms with E-state index in [4.69, 9.17) is 4.99 Å². The van der Waals surface area contributed by atoms with E-state index in [0.717, 1.165) is 25.0 Å². The largest absolute Gasteiger partial charge is 0.357 e. The summed E-state index contributed by atoms with van der Waals surface area (Å²) in [7, 11) is -3.07. The summed E-state index contributed by atoms with van der Waals surface area (Å²) in [5.74, 6) is 1.82. The van der Waals surface area contributed by atoms with Crippen LogP contribution in [-0.2, 0) is 22.9 Å². The molecule has 0 aromatic heterocycles. The Kier molecular flexibility index (Phi) is 9.63. The van der Waals surface area contributed by atoms with Crippen LogP contribution in [0.4, 0.5) is 0 Å². The van der Waals surface area contributed by atoms with Crippen molar-refractivity contribution in [3.63, 3.8) is 0 Å². The maximum atomic E-state index is 12.4. The van der Waals surface area contributed by atoms with Crippen molar-refractivity contribution in [2.75, 3.05) is 38.5 Å². The second-order valence-electron chi connectivity index (χ2n) is 9.40. The van der Waals surface area contributed by atoms with Gasteiger partial charge in [-0.1, -0.05) is 31.2 Å². The van der Waals surface area contributed by atoms with E-state index in [9.17, 15) is 8.42 Å². The fourth-order valence-electron chi connectivity index (χ4n) is 4.24.